The summed E-state index contributed by atoms with van der Waals surface area (Å²) in [7, 11) is 0. The number of carbonyl (C=O) groups excluding carboxylic acids is 2. The van der Waals surface area contributed by atoms with Crippen molar-refractivity contribution < 1.29 is 27.8 Å². The molecule has 2 heterocycles. The van der Waals surface area contributed by atoms with Crippen LogP contribution in [0, 0.1) is 17.6 Å². The first-order valence-electron chi connectivity index (χ1n) is 14.6. The van der Waals surface area contributed by atoms with Crippen LogP contribution < -0.4 is 15.9 Å². The maximum atomic E-state index is 15.2. The number of nitrogens with zero attached hydrogens (tertiary/aromatic N) is 3. The smallest absolute Gasteiger partial charge is 0.326 e. The lowest BCUT2D eigenvalue weighted by molar-refractivity contribution is -0.153. The average molecular weight is 595 g/mol. The first kappa shape index (κ1) is 30.3. The van der Waals surface area contributed by atoms with Crippen LogP contribution in [-0.2, 0) is 22.4 Å². The molecule has 3 atom stereocenters. The highest BCUT2D eigenvalue weighted by Gasteiger charge is 2.43. The first-order valence-corrected chi connectivity index (χ1v) is 14.6. The zero-order chi connectivity index (χ0) is 31.0. The minimum Gasteiger partial charge on any atom is -0.451 e. The molecular weight excluding hydrogens is 558 g/mol. The first-order chi connectivity index (χ1) is 20.5. The maximum Gasteiger partial charge on any atom is 0.326 e. The van der Waals surface area contributed by atoms with E-state index in [2.05, 4.69) is 5.10 Å². The van der Waals surface area contributed by atoms with Crippen molar-refractivity contribution in [2.75, 3.05) is 13.3 Å². The van der Waals surface area contributed by atoms with E-state index in [-0.39, 0.29) is 29.9 Å². The second-order valence-corrected chi connectivity index (χ2v) is 11.5. The Kier molecular flexibility index (Phi) is 8.64. The summed E-state index contributed by atoms with van der Waals surface area (Å²) in [5.74, 6) is -3.04. The quantitative estimate of drug-likeness (QED) is 0.308. The molecule has 3 unspecified atom stereocenters. The fraction of sp³-hybridized carbons (Fsp3) is 0.438. The van der Waals surface area contributed by atoms with Gasteiger partial charge in [0.2, 0.25) is 18.0 Å². The lowest BCUT2D eigenvalue weighted by Gasteiger charge is -2.41. The van der Waals surface area contributed by atoms with Gasteiger partial charge in [0.15, 0.2) is 5.69 Å². The van der Waals surface area contributed by atoms with E-state index in [1.165, 1.54) is 16.8 Å². The maximum absolute atomic E-state index is 15.2. The van der Waals surface area contributed by atoms with Gasteiger partial charge in [-0.1, -0.05) is 44.5 Å². The number of nitrogens with two attached hydrogens (primary N) is 1. The van der Waals surface area contributed by atoms with Crippen LogP contribution in [0.2, 0.25) is 0 Å². The molecular formula is C32H36F2N4O5. The van der Waals surface area contributed by atoms with Crippen LogP contribution in [0.25, 0.3) is 0 Å². The molecule has 1 aromatic heterocycles. The van der Waals surface area contributed by atoms with E-state index in [1.807, 2.05) is 39.8 Å². The monoisotopic (exact) mass is 594 g/mol. The minimum absolute atomic E-state index is 0.125. The van der Waals surface area contributed by atoms with Crippen molar-refractivity contribution in [1.29, 1.82) is 0 Å². The van der Waals surface area contributed by atoms with Crippen LogP contribution >= 0.6 is 0 Å². The Morgan fingerprint density at radius 2 is 1.65 bits per heavy atom. The number of amides is 1. The zero-order valence-electron chi connectivity index (χ0n) is 24.7. The van der Waals surface area contributed by atoms with Crippen LogP contribution in [0.15, 0.2) is 47.4 Å². The van der Waals surface area contributed by atoms with Crippen molar-refractivity contribution >= 4 is 11.9 Å². The van der Waals surface area contributed by atoms with Crippen molar-refractivity contribution in [3.8, 4) is 5.75 Å². The molecule has 1 aliphatic carbocycles. The lowest BCUT2D eigenvalue weighted by atomic mass is 9.81. The molecule has 0 radical (unpaired) electrons. The van der Waals surface area contributed by atoms with Crippen molar-refractivity contribution in [3.63, 3.8) is 0 Å². The summed E-state index contributed by atoms with van der Waals surface area (Å²) in [5.41, 5.74) is 7.42. The molecule has 0 spiro atoms. The standard InChI is InChI=1S/C32H36F2N4O5/c1-5-18(4)28(35)32(41)43-16-42-30-26(39)14-36-38-25(15-37(17(2)3)31(40)29(30)38)27-21-8-6-10-23(33)19(21)12-13-20-22(27)9-7-11-24(20)34/h6-11,14,17-18,25,27-28H,5,12-13,15-16,35H2,1-4H3. The molecule has 43 heavy (non-hydrogen) atoms. The third kappa shape index (κ3) is 5.53. The number of rotatable bonds is 8. The van der Waals surface area contributed by atoms with Gasteiger partial charge in [-0.3, -0.25) is 19.1 Å². The lowest BCUT2D eigenvalue weighted by Crippen LogP contribution is -2.50. The van der Waals surface area contributed by atoms with Gasteiger partial charge < -0.3 is 20.1 Å². The highest BCUT2D eigenvalue weighted by molar-refractivity contribution is 5.96. The fourth-order valence-electron chi connectivity index (χ4n) is 6.05. The molecule has 1 amide bonds. The predicted octanol–water partition coefficient (Wildman–Crippen LogP) is 4.11. The number of fused-ring (bicyclic) bond motifs is 3. The molecule has 11 heteroatoms. The van der Waals surface area contributed by atoms with Crippen LogP contribution in [0.5, 0.6) is 5.75 Å². The number of hydrogen-bond donors (Lipinski definition) is 1. The number of halogens is 2. The Hall–Kier alpha value is -4.12. The summed E-state index contributed by atoms with van der Waals surface area (Å²) in [5, 5.41) is 4.37. The number of carbonyl (C=O) groups is 2. The van der Waals surface area contributed by atoms with E-state index in [4.69, 9.17) is 15.2 Å². The van der Waals surface area contributed by atoms with Gasteiger partial charge in [0, 0.05) is 18.5 Å². The Balaban J connectivity index is 1.63. The molecule has 0 bridgehead atoms. The molecule has 228 valence electrons. The summed E-state index contributed by atoms with van der Waals surface area (Å²) in [6.45, 7) is 6.92. The molecule has 2 aliphatic rings. The Morgan fingerprint density at radius 1 is 1.05 bits per heavy atom. The Labute approximate surface area is 248 Å². The van der Waals surface area contributed by atoms with Crippen LogP contribution in [0.1, 0.15) is 78.8 Å². The number of ether oxygens (including phenoxy) is 2. The van der Waals surface area contributed by atoms with Gasteiger partial charge in [-0.15, -0.1) is 0 Å². The minimum atomic E-state index is -0.875. The highest BCUT2D eigenvalue weighted by atomic mass is 19.1. The van der Waals surface area contributed by atoms with Gasteiger partial charge in [-0.2, -0.15) is 5.10 Å². The number of hydrogen-bond acceptors (Lipinski definition) is 7. The van der Waals surface area contributed by atoms with E-state index < -0.39 is 53.7 Å². The van der Waals surface area contributed by atoms with Crippen LogP contribution in [-0.4, -0.2) is 52.0 Å². The third-order valence-electron chi connectivity index (χ3n) is 8.68. The van der Waals surface area contributed by atoms with Crippen molar-refractivity contribution in [1.82, 2.24) is 14.7 Å². The number of aromatic nitrogens is 2. The van der Waals surface area contributed by atoms with Gasteiger partial charge in [-0.05, 0) is 67.0 Å². The summed E-state index contributed by atoms with van der Waals surface area (Å²) in [4.78, 5) is 40.9. The molecule has 2 aromatic carbocycles. The summed E-state index contributed by atoms with van der Waals surface area (Å²) in [6.07, 6.45) is 2.30. The van der Waals surface area contributed by atoms with E-state index in [1.54, 1.807) is 17.0 Å². The second kappa shape index (κ2) is 12.2. The van der Waals surface area contributed by atoms with Gasteiger partial charge in [0.1, 0.15) is 17.7 Å². The van der Waals surface area contributed by atoms with Gasteiger partial charge in [0.05, 0.1) is 12.2 Å². The third-order valence-corrected chi connectivity index (χ3v) is 8.68. The fourth-order valence-corrected chi connectivity index (χ4v) is 6.05. The molecule has 1 aliphatic heterocycles. The number of benzene rings is 2. The van der Waals surface area contributed by atoms with Gasteiger partial charge >= 0.3 is 5.97 Å². The van der Waals surface area contributed by atoms with E-state index in [9.17, 15) is 14.4 Å². The molecule has 2 N–H and O–H groups in total. The SMILES string of the molecule is CCC(C)C(N)C(=O)OCOc1c2n(ncc1=O)C(C1c3cccc(F)c3CCc3c(F)cccc31)CN(C(C)C)C2=O. The molecule has 0 saturated carbocycles. The Morgan fingerprint density at radius 3 is 2.21 bits per heavy atom. The van der Waals surface area contributed by atoms with Gasteiger partial charge in [-0.25, -0.2) is 8.78 Å². The van der Waals surface area contributed by atoms with Gasteiger partial charge in [0.25, 0.3) is 5.91 Å². The average Bonchev–Trinajstić information content (AvgIpc) is 3.16. The topological polar surface area (TPSA) is 117 Å². The van der Waals surface area contributed by atoms with Crippen molar-refractivity contribution in [3.05, 3.63) is 92.4 Å². The van der Waals surface area contributed by atoms with Crippen LogP contribution in [0.3, 0.4) is 0 Å². The van der Waals surface area contributed by atoms with Crippen LogP contribution in [0.4, 0.5) is 8.78 Å². The molecule has 0 saturated heterocycles. The highest BCUT2D eigenvalue weighted by Crippen LogP contribution is 2.45. The molecule has 0 fully saturated rings. The molecule has 9 nitrogen and oxygen atoms in total. The summed E-state index contributed by atoms with van der Waals surface area (Å²) < 4.78 is 42.8. The van der Waals surface area contributed by atoms with Crippen molar-refractivity contribution in [2.45, 2.75) is 71.0 Å². The second-order valence-electron chi connectivity index (χ2n) is 11.5. The number of esters is 1. The molecule has 5 rings (SSSR count). The zero-order valence-corrected chi connectivity index (χ0v) is 24.7. The Bertz CT molecular complexity index is 1550. The summed E-state index contributed by atoms with van der Waals surface area (Å²) in [6, 6.07) is 7.82. The summed E-state index contributed by atoms with van der Waals surface area (Å²) >= 11 is 0. The predicted molar refractivity (Wildman–Crippen MR) is 155 cm³/mol. The largest absolute Gasteiger partial charge is 0.451 e. The normalized spacial score (nSPS) is 17.9. The van der Waals surface area contributed by atoms with Crippen molar-refractivity contribution in [2.24, 2.45) is 11.7 Å². The van der Waals surface area contributed by atoms with E-state index in [0.717, 1.165) is 6.20 Å². The molecule has 3 aromatic rings. The van der Waals surface area contributed by atoms with E-state index >= 15 is 8.78 Å². The van der Waals surface area contributed by atoms with E-state index in [0.29, 0.717) is 41.5 Å².